The molecular weight excluding hydrogens is 456 g/mol. The van der Waals surface area contributed by atoms with E-state index in [1.807, 2.05) is 37.5 Å². The van der Waals surface area contributed by atoms with Crippen molar-refractivity contribution < 1.29 is 4.79 Å². The van der Waals surface area contributed by atoms with Gasteiger partial charge in [0.1, 0.15) is 5.82 Å². The van der Waals surface area contributed by atoms with E-state index in [-0.39, 0.29) is 12.3 Å². The van der Waals surface area contributed by atoms with E-state index < -0.39 is 16.7 Å². The number of aromatic nitrogens is 4. The molecule has 192 valence electrons. The van der Waals surface area contributed by atoms with Crippen LogP contribution in [0.5, 0.6) is 0 Å². The summed E-state index contributed by atoms with van der Waals surface area (Å²) in [6.07, 6.45) is 5.14. The number of hydrogen-bond donors (Lipinski definition) is 2. The first-order chi connectivity index (χ1) is 17.2. The van der Waals surface area contributed by atoms with Crippen molar-refractivity contribution in [3.8, 4) is 6.07 Å². The predicted octanol–water partition coefficient (Wildman–Crippen LogP) is 4.25. The van der Waals surface area contributed by atoms with Crippen LogP contribution in [0.1, 0.15) is 77.6 Å². The zero-order valence-electron chi connectivity index (χ0n) is 21.7. The number of nitrogens with zero attached hydrogens (tertiary/aromatic N) is 4. The van der Waals surface area contributed by atoms with Gasteiger partial charge in [-0.3, -0.25) is 19.1 Å². The van der Waals surface area contributed by atoms with Crippen molar-refractivity contribution in [2.45, 2.75) is 91.1 Å². The molecule has 0 fully saturated rings. The molecule has 2 heterocycles. The number of carbonyl (C=O) groups excluding carboxylic acids is 1. The first kappa shape index (κ1) is 26.9. The number of fused-ring (bicyclic) bond motifs is 1. The molecule has 0 bridgehead atoms. The number of rotatable bonds is 12. The third-order valence-electron chi connectivity index (χ3n) is 6.43. The summed E-state index contributed by atoms with van der Waals surface area (Å²) in [7, 11) is 0. The summed E-state index contributed by atoms with van der Waals surface area (Å²) in [5, 5.41) is 12.2. The lowest BCUT2D eigenvalue weighted by Gasteiger charge is -2.16. The van der Waals surface area contributed by atoms with Crippen molar-refractivity contribution in [1.82, 2.24) is 19.1 Å². The van der Waals surface area contributed by atoms with Crippen LogP contribution >= 0.6 is 0 Å². The molecule has 0 unspecified atom stereocenters. The zero-order valence-corrected chi connectivity index (χ0v) is 21.7. The minimum absolute atomic E-state index is 0.174. The second kappa shape index (κ2) is 11.8. The molecule has 0 saturated heterocycles. The smallest absolute Gasteiger partial charge is 0.326 e. The molecule has 0 radical (unpaired) electrons. The molecule has 0 aliphatic rings. The summed E-state index contributed by atoms with van der Waals surface area (Å²) in [5.74, 6) is 0.454. The van der Waals surface area contributed by atoms with Crippen LogP contribution in [-0.4, -0.2) is 25.0 Å². The van der Waals surface area contributed by atoms with E-state index in [1.54, 1.807) is 12.1 Å². The number of amides is 1. The van der Waals surface area contributed by atoms with Crippen LogP contribution in [0.15, 0.2) is 33.9 Å². The molecule has 0 aliphatic carbocycles. The molecule has 3 rings (SSSR count). The Morgan fingerprint density at radius 2 is 1.72 bits per heavy atom. The monoisotopic (exact) mass is 492 g/mol. The molecule has 0 atom stereocenters. The summed E-state index contributed by atoms with van der Waals surface area (Å²) in [6, 6.07) is 9.53. The molecule has 2 N–H and O–H groups in total. The molecule has 0 spiro atoms. The van der Waals surface area contributed by atoms with Crippen LogP contribution in [0.2, 0.25) is 0 Å². The Bertz CT molecular complexity index is 1360. The van der Waals surface area contributed by atoms with E-state index in [9.17, 15) is 19.6 Å². The van der Waals surface area contributed by atoms with Gasteiger partial charge in [-0.25, -0.2) is 9.78 Å². The van der Waals surface area contributed by atoms with Gasteiger partial charge in [-0.15, -0.1) is 0 Å². The number of carbonyl (C=O) groups is 1. The highest BCUT2D eigenvalue weighted by Gasteiger charge is 2.20. The van der Waals surface area contributed by atoms with Crippen molar-refractivity contribution in [1.29, 1.82) is 5.26 Å². The maximum atomic E-state index is 12.8. The third-order valence-corrected chi connectivity index (χ3v) is 6.43. The molecule has 3 aromatic rings. The maximum absolute atomic E-state index is 12.8. The minimum atomic E-state index is -0.602. The number of nitrogens with one attached hydrogen (secondary N) is 2. The maximum Gasteiger partial charge on any atom is 0.330 e. The topological polar surface area (TPSA) is 126 Å². The van der Waals surface area contributed by atoms with Crippen LogP contribution in [0.25, 0.3) is 11.2 Å². The van der Waals surface area contributed by atoms with Crippen LogP contribution in [0.4, 0.5) is 5.69 Å². The number of benzene rings is 1. The Labute approximate surface area is 211 Å². The highest BCUT2D eigenvalue weighted by molar-refractivity contribution is 5.90. The third kappa shape index (κ3) is 6.11. The Kier molecular flexibility index (Phi) is 8.86. The van der Waals surface area contributed by atoms with Gasteiger partial charge in [0.05, 0.1) is 11.5 Å². The molecule has 1 aromatic carbocycles. The Morgan fingerprint density at radius 1 is 1.06 bits per heavy atom. The Balaban J connectivity index is 1.83. The number of anilines is 1. The van der Waals surface area contributed by atoms with Crippen molar-refractivity contribution in [3.05, 3.63) is 56.5 Å². The SMILES string of the molecule is CCCCCn1c(CCC(=O)Nc2ccc(C(C)(C)C#N)cc2)nc2c1c(=O)[nH]c(=O)n2CCCC. The van der Waals surface area contributed by atoms with E-state index >= 15 is 0 Å². The van der Waals surface area contributed by atoms with E-state index in [1.165, 1.54) is 4.57 Å². The van der Waals surface area contributed by atoms with Crippen molar-refractivity contribution in [2.24, 2.45) is 0 Å². The second-order valence-corrected chi connectivity index (χ2v) is 9.69. The highest BCUT2D eigenvalue weighted by Crippen LogP contribution is 2.23. The molecule has 0 aliphatic heterocycles. The van der Waals surface area contributed by atoms with Crippen LogP contribution < -0.4 is 16.6 Å². The quantitative estimate of drug-likeness (QED) is 0.366. The Hall–Kier alpha value is -3.67. The first-order valence-corrected chi connectivity index (χ1v) is 12.8. The number of unbranched alkanes of at least 4 members (excludes halogenated alkanes) is 3. The average molecular weight is 493 g/mol. The number of aryl methyl sites for hydroxylation is 3. The van der Waals surface area contributed by atoms with Gasteiger partial charge in [0.2, 0.25) is 5.91 Å². The highest BCUT2D eigenvalue weighted by atomic mass is 16.2. The van der Waals surface area contributed by atoms with E-state index in [4.69, 9.17) is 0 Å². The summed E-state index contributed by atoms with van der Waals surface area (Å²) in [6.45, 7) is 8.93. The molecule has 9 heteroatoms. The number of H-pyrrole nitrogens is 1. The number of aromatic amines is 1. The van der Waals surface area contributed by atoms with Gasteiger partial charge in [-0.05, 0) is 44.4 Å². The average Bonchev–Trinajstić information content (AvgIpc) is 3.22. The molecule has 1 amide bonds. The van der Waals surface area contributed by atoms with Gasteiger partial charge < -0.3 is 9.88 Å². The lowest BCUT2D eigenvalue weighted by Crippen LogP contribution is -2.31. The first-order valence-electron chi connectivity index (χ1n) is 12.8. The van der Waals surface area contributed by atoms with Gasteiger partial charge in [-0.2, -0.15) is 5.26 Å². The van der Waals surface area contributed by atoms with Crippen LogP contribution in [0.3, 0.4) is 0 Å². The Morgan fingerprint density at radius 3 is 2.36 bits per heavy atom. The van der Waals surface area contributed by atoms with Gasteiger partial charge in [0.25, 0.3) is 5.56 Å². The van der Waals surface area contributed by atoms with E-state index in [2.05, 4.69) is 28.3 Å². The standard InChI is InChI=1S/C27H36N6O3/c1-5-7-9-17-32-21(30-24-23(32)25(35)31-26(36)33(24)16-8-6-2)14-15-22(34)29-20-12-10-19(11-13-20)27(3,4)18-28/h10-13H,5-9,14-17H2,1-4H3,(H,29,34)(H,31,35,36). The molecule has 0 saturated carbocycles. The van der Waals surface area contributed by atoms with Gasteiger partial charge in [0.15, 0.2) is 11.2 Å². The second-order valence-electron chi connectivity index (χ2n) is 9.69. The zero-order chi connectivity index (χ0) is 26.3. The van der Waals surface area contributed by atoms with Crippen molar-refractivity contribution in [3.63, 3.8) is 0 Å². The van der Waals surface area contributed by atoms with Crippen LogP contribution in [0, 0.1) is 11.3 Å². The van der Waals surface area contributed by atoms with Crippen LogP contribution in [-0.2, 0) is 29.7 Å². The van der Waals surface area contributed by atoms with Gasteiger partial charge in [0, 0.05) is 31.6 Å². The van der Waals surface area contributed by atoms with E-state index in [0.717, 1.165) is 37.7 Å². The molecule has 36 heavy (non-hydrogen) atoms. The fourth-order valence-electron chi connectivity index (χ4n) is 4.18. The minimum Gasteiger partial charge on any atom is -0.326 e. The lowest BCUT2D eigenvalue weighted by molar-refractivity contribution is -0.116. The molecule has 2 aromatic heterocycles. The summed E-state index contributed by atoms with van der Waals surface area (Å²) >= 11 is 0. The van der Waals surface area contributed by atoms with Gasteiger partial charge >= 0.3 is 5.69 Å². The summed E-state index contributed by atoms with van der Waals surface area (Å²) in [5.41, 5.74) is 0.818. The fraction of sp³-hybridized carbons (Fsp3) is 0.519. The lowest BCUT2D eigenvalue weighted by atomic mass is 9.86. The number of imidazole rings is 1. The molecule has 9 nitrogen and oxygen atoms in total. The fourth-order valence-corrected chi connectivity index (χ4v) is 4.18. The van der Waals surface area contributed by atoms with Crippen molar-refractivity contribution in [2.75, 3.05) is 5.32 Å². The summed E-state index contributed by atoms with van der Waals surface area (Å²) < 4.78 is 3.40. The molecular formula is C27H36N6O3. The van der Waals surface area contributed by atoms with Crippen molar-refractivity contribution >= 4 is 22.8 Å². The predicted molar refractivity (Wildman–Crippen MR) is 141 cm³/mol. The number of hydrogen-bond acceptors (Lipinski definition) is 5. The van der Waals surface area contributed by atoms with E-state index in [0.29, 0.717) is 42.2 Å². The van der Waals surface area contributed by atoms with Gasteiger partial charge in [-0.1, -0.05) is 45.2 Å². The normalized spacial score (nSPS) is 11.5. The number of nitriles is 1. The summed E-state index contributed by atoms with van der Waals surface area (Å²) in [4.78, 5) is 45.1. The largest absolute Gasteiger partial charge is 0.330 e.